The molecule has 1 fully saturated rings. The minimum absolute atomic E-state index is 0.00949. The first-order valence-electron chi connectivity index (χ1n) is 30.6. The molecule has 0 saturated heterocycles. The summed E-state index contributed by atoms with van der Waals surface area (Å²) in [5.41, 5.74) is 6.01. The van der Waals surface area contributed by atoms with Crippen LogP contribution in [0.2, 0.25) is 0 Å². The normalized spacial score (nSPS) is 18.3. The molecule has 5 aromatic carbocycles. The van der Waals surface area contributed by atoms with Crippen LogP contribution in [-0.4, -0.2) is 156 Å². The summed E-state index contributed by atoms with van der Waals surface area (Å²) in [6.07, 6.45) is 4.72. The molecule has 0 aromatic heterocycles. The topological polar surface area (TPSA) is 270 Å². The van der Waals surface area contributed by atoms with Gasteiger partial charge in [-0.25, -0.2) is 0 Å². The highest BCUT2D eigenvalue weighted by atomic mass is 33.1. The number of amides is 3. The maximum absolute atomic E-state index is 14.5. The van der Waals surface area contributed by atoms with Crippen LogP contribution in [0.5, 0.6) is 23.0 Å². The van der Waals surface area contributed by atoms with Gasteiger partial charge in [-0.2, -0.15) is 16.8 Å². The van der Waals surface area contributed by atoms with Crippen LogP contribution in [0.25, 0.3) is 0 Å². The third kappa shape index (κ3) is 15.8. The van der Waals surface area contributed by atoms with Gasteiger partial charge in [-0.1, -0.05) is 70.8 Å². The molecule has 26 heteroatoms. The number of nitrogens with zero attached hydrogens (tertiary/aromatic N) is 3. The van der Waals surface area contributed by atoms with Crippen molar-refractivity contribution in [3.63, 3.8) is 0 Å². The van der Waals surface area contributed by atoms with E-state index >= 15 is 0 Å². The fraction of sp³-hybridized carbons (Fsp3) is 0.492. The summed E-state index contributed by atoms with van der Waals surface area (Å²) >= 11 is 0. The van der Waals surface area contributed by atoms with Crippen molar-refractivity contribution in [3.8, 4) is 23.0 Å². The Morgan fingerprint density at radius 1 is 0.725 bits per heavy atom. The maximum Gasteiger partial charge on any atom is 0.288 e. The number of methoxy groups -OCH3 is 3. The molecular formula is C65H82N6O16S4. The van der Waals surface area contributed by atoms with E-state index in [-0.39, 0.29) is 79.0 Å². The number of hydrogen-bond acceptors (Lipinski definition) is 19. The lowest BCUT2D eigenvalue weighted by Gasteiger charge is -2.34. The average molecular weight is 1330 g/mol. The Hall–Kier alpha value is -6.49. The molecule has 91 heavy (non-hydrogen) atoms. The second-order valence-corrected chi connectivity index (χ2v) is 30.9. The van der Waals surface area contributed by atoms with Gasteiger partial charge in [0.1, 0.15) is 13.2 Å². The standard InChI is InChI=1S/C65H82N6O16S4/c1-64(2,89-88-27-20-59(90(75,76)77)60(72)68-65(3,4)45-16-10-11-17-45)40-69(21-22-84-25-26-85-24-23-81-5)46-29-41(38-86-57-35-50-48(33-55(57)82-6)62(73)70-47(37-66-50)31-43-14-8-12-18-52(43)70)28-42(30-46)39-87-58-36-51-49(34-56(58)83-7)63(74)71-53-19-13-9-15-44(53)32-54(71)61(67-51)91(78,79)80/h8-9,12-15,18-19,28-30,33-36,45,47,54,59,61,66-67H,10-11,16-17,20-27,31-32,37-40H2,1-7H3,(H,68,72)(H,75,76,77)(H,78,79,80)/t47-,54-,59?,61?/m0/s1. The summed E-state index contributed by atoms with van der Waals surface area (Å²) in [4.78, 5) is 47.9. The molecule has 0 spiro atoms. The largest absolute Gasteiger partial charge is 0.493 e. The molecule has 5 aliphatic rings. The minimum atomic E-state index is -4.79. The van der Waals surface area contributed by atoms with Gasteiger partial charge in [-0.3, -0.25) is 23.5 Å². The maximum atomic E-state index is 14.5. The number of benzene rings is 5. The Labute approximate surface area is 541 Å². The quantitative estimate of drug-likeness (QED) is 0.0163. The van der Waals surface area contributed by atoms with E-state index in [1.807, 2.05) is 73.3 Å². The number of hydrogen-bond donors (Lipinski definition) is 5. The summed E-state index contributed by atoms with van der Waals surface area (Å²) in [6.45, 7) is 10.9. The summed E-state index contributed by atoms with van der Waals surface area (Å²) in [5.74, 6) is 0.165. The van der Waals surface area contributed by atoms with Crippen LogP contribution in [-0.2, 0) is 65.3 Å². The van der Waals surface area contributed by atoms with Crippen LogP contribution < -0.4 is 49.6 Å². The molecule has 0 bridgehead atoms. The number of anilines is 5. The van der Waals surface area contributed by atoms with Gasteiger partial charge >= 0.3 is 0 Å². The van der Waals surface area contributed by atoms with E-state index in [4.69, 9.17) is 33.2 Å². The van der Waals surface area contributed by atoms with Crippen LogP contribution in [0, 0.1) is 5.92 Å². The fourth-order valence-electron chi connectivity index (χ4n) is 12.9. The molecule has 4 aliphatic heterocycles. The highest BCUT2D eigenvalue weighted by molar-refractivity contribution is 8.77. The summed E-state index contributed by atoms with van der Waals surface area (Å²) in [7, 11) is -2.05. The van der Waals surface area contributed by atoms with E-state index in [1.54, 1.807) is 31.4 Å². The predicted octanol–water partition coefficient (Wildman–Crippen LogP) is 9.45. The number of rotatable bonds is 30. The molecule has 492 valence electrons. The first-order valence-corrected chi connectivity index (χ1v) is 35.9. The van der Waals surface area contributed by atoms with E-state index in [0.29, 0.717) is 92.0 Å². The highest BCUT2D eigenvalue weighted by Crippen LogP contribution is 2.45. The van der Waals surface area contributed by atoms with Gasteiger partial charge in [0.2, 0.25) is 5.91 Å². The highest BCUT2D eigenvalue weighted by Gasteiger charge is 2.48. The molecule has 4 atom stereocenters. The minimum Gasteiger partial charge on any atom is -0.493 e. The van der Waals surface area contributed by atoms with Crippen LogP contribution in [0.3, 0.4) is 0 Å². The second-order valence-electron chi connectivity index (χ2n) is 24.7. The molecule has 0 radical (unpaired) electrons. The Kier molecular flexibility index (Phi) is 21.3. The average Bonchev–Trinajstić information content (AvgIpc) is 1.61. The first kappa shape index (κ1) is 67.4. The van der Waals surface area contributed by atoms with Gasteiger partial charge in [-0.15, -0.1) is 0 Å². The molecule has 5 N–H and O–H groups in total. The van der Waals surface area contributed by atoms with Gasteiger partial charge in [-0.05, 0) is 130 Å². The van der Waals surface area contributed by atoms with Crippen molar-refractivity contribution >= 4 is 88.0 Å². The van der Waals surface area contributed by atoms with Crippen molar-refractivity contribution < 1.29 is 73.5 Å². The zero-order chi connectivity index (χ0) is 64.8. The number of nitrogens with one attached hydrogen (secondary N) is 3. The Morgan fingerprint density at radius 3 is 1.91 bits per heavy atom. The van der Waals surface area contributed by atoms with Gasteiger partial charge in [0.15, 0.2) is 33.6 Å². The van der Waals surface area contributed by atoms with Crippen LogP contribution in [0.15, 0.2) is 91.0 Å². The number of ether oxygens (including phenoxy) is 7. The van der Waals surface area contributed by atoms with Gasteiger partial charge in [0.05, 0.1) is 81.8 Å². The van der Waals surface area contributed by atoms with Crippen molar-refractivity contribution in [1.29, 1.82) is 0 Å². The number of para-hydroxylation sites is 2. The molecule has 1 aliphatic carbocycles. The van der Waals surface area contributed by atoms with E-state index < -0.39 is 59.0 Å². The smallest absolute Gasteiger partial charge is 0.288 e. The number of carbonyl (C=O) groups is 3. The Balaban J connectivity index is 0.943. The van der Waals surface area contributed by atoms with Crippen LogP contribution >= 0.6 is 21.6 Å². The fourth-order valence-corrected chi connectivity index (χ4v) is 17.2. The summed E-state index contributed by atoms with van der Waals surface area (Å²) < 4.78 is 114. The predicted molar refractivity (Wildman–Crippen MR) is 354 cm³/mol. The van der Waals surface area contributed by atoms with Crippen LogP contribution in [0.1, 0.15) is 103 Å². The third-order valence-electron chi connectivity index (χ3n) is 17.4. The van der Waals surface area contributed by atoms with E-state index in [1.165, 1.54) is 52.8 Å². The summed E-state index contributed by atoms with van der Waals surface area (Å²) in [6, 6.07) is 26.4. The van der Waals surface area contributed by atoms with Gasteiger partial charge in [0, 0.05) is 72.0 Å². The zero-order valence-electron chi connectivity index (χ0n) is 52.4. The molecule has 2 unspecified atom stereocenters. The second kappa shape index (κ2) is 28.8. The third-order valence-corrected chi connectivity index (χ3v) is 22.9. The van der Waals surface area contributed by atoms with Gasteiger partial charge in [0.25, 0.3) is 32.1 Å². The molecule has 3 amide bonds. The van der Waals surface area contributed by atoms with Gasteiger partial charge < -0.3 is 63.8 Å². The molecule has 10 rings (SSSR count). The van der Waals surface area contributed by atoms with Crippen LogP contribution in [0.4, 0.5) is 28.4 Å². The van der Waals surface area contributed by atoms with E-state index in [0.717, 1.165) is 48.2 Å². The number of fused-ring (bicyclic) bond motifs is 8. The lowest BCUT2D eigenvalue weighted by molar-refractivity contribution is -0.123. The van der Waals surface area contributed by atoms with Crippen molar-refractivity contribution in [3.05, 3.63) is 124 Å². The van der Waals surface area contributed by atoms with Crippen molar-refractivity contribution in [2.24, 2.45) is 5.92 Å². The molecule has 22 nitrogen and oxygen atoms in total. The van der Waals surface area contributed by atoms with E-state index in [2.05, 4.69) is 34.7 Å². The molecular weight excluding hydrogens is 1250 g/mol. The molecule has 4 heterocycles. The monoisotopic (exact) mass is 1330 g/mol. The summed E-state index contributed by atoms with van der Waals surface area (Å²) in [5, 5.41) is 6.19. The lowest BCUT2D eigenvalue weighted by Crippen LogP contribution is -2.53. The lowest BCUT2D eigenvalue weighted by atomic mass is 9.86. The Bertz CT molecular complexity index is 3700. The van der Waals surface area contributed by atoms with Crippen molar-refractivity contribution in [1.82, 2.24) is 5.32 Å². The number of carbonyl (C=O) groups excluding carboxylic acids is 3. The SMILES string of the molecule is COCCOCCOCCN(CC(C)(C)SSCCC(C(=O)NC(C)(C)C1CCCC1)S(=O)(=O)O)c1cc(COc2cc3c(cc2OC)C(=O)N2c4ccccc4C[C@H]2CN3)cc(COc2cc3c(cc2OC)C(=O)N2c4ccccc4C[C@H]2C(S(=O)(=O)O)N3)c1. The molecule has 5 aromatic rings. The first-order chi connectivity index (χ1) is 43.5. The van der Waals surface area contributed by atoms with Crippen molar-refractivity contribution in [2.75, 3.05) is 105 Å². The van der Waals surface area contributed by atoms with E-state index in [9.17, 15) is 40.3 Å². The zero-order valence-corrected chi connectivity index (χ0v) is 55.6. The Morgan fingerprint density at radius 2 is 1.30 bits per heavy atom. The molecule has 1 saturated carbocycles. The van der Waals surface area contributed by atoms with Crippen molar-refractivity contribution in [2.45, 2.75) is 119 Å².